The van der Waals surface area contributed by atoms with Crippen LogP contribution in [-0.2, 0) is 12.6 Å². The molecule has 0 saturated carbocycles. The summed E-state index contributed by atoms with van der Waals surface area (Å²) >= 11 is 0. The first-order chi connectivity index (χ1) is 10.4. The van der Waals surface area contributed by atoms with E-state index in [-0.39, 0.29) is 5.75 Å². The molecule has 116 valence electrons. The summed E-state index contributed by atoms with van der Waals surface area (Å²) in [6, 6.07) is 11.5. The Morgan fingerprint density at radius 2 is 1.77 bits per heavy atom. The Morgan fingerprint density at radius 3 is 2.36 bits per heavy atom. The highest BCUT2D eigenvalue weighted by molar-refractivity contribution is 5.83. The molecule has 2 aromatic carbocycles. The Labute approximate surface area is 125 Å². The summed E-state index contributed by atoms with van der Waals surface area (Å²) < 4.78 is 43.3. The fourth-order valence-electron chi connectivity index (χ4n) is 1.88. The zero-order valence-electron chi connectivity index (χ0n) is 11.8. The van der Waals surface area contributed by atoms with Crippen LogP contribution >= 0.6 is 0 Å². The van der Waals surface area contributed by atoms with Gasteiger partial charge in [-0.2, -0.15) is 13.2 Å². The van der Waals surface area contributed by atoms with Crippen LogP contribution in [0.1, 0.15) is 18.1 Å². The van der Waals surface area contributed by atoms with Crippen molar-refractivity contribution < 1.29 is 23.1 Å². The molecule has 0 aliphatic heterocycles. The molecule has 0 amide bonds. The van der Waals surface area contributed by atoms with E-state index in [2.05, 4.69) is 5.16 Å². The average molecular weight is 309 g/mol. The van der Waals surface area contributed by atoms with Gasteiger partial charge in [0.05, 0.1) is 11.3 Å². The van der Waals surface area contributed by atoms with Crippen molar-refractivity contribution in [2.24, 2.45) is 5.16 Å². The highest BCUT2D eigenvalue weighted by atomic mass is 19.4. The van der Waals surface area contributed by atoms with Crippen molar-refractivity contribution in [2.75, 3.05) is 0 Å². The van der Waals surface area contributed by atoms with Gasteiger partial charge in [0.1, 0.15) is 11.5 Å². The molecule has 0 aromatic heterocycles. The number of halogens is 3. The van der Waals surface area contributed by atoms with E-state index < -0.39 is 11.7 Å². The molecule has 6 heteroatoms. The smallest absolute Gasteiger partial charge is 0.416 e. The Bertz CT molecular complexity index is 664. The molecular weight excluding hydrogens is 295 g/mol. The zero-order chi connectivity index (χ0) is 16.2. The van der Waals surface area contributed by atoms with E-state index in [1.54, 1.807) is 31.2 Å². The van der Waals surface area contributed by atoms with Gasteiger partial charge in [-0.1, -0.05) is 23.4 Å². The number of benzene rings is 2. The highest BCUT2D eigenvalue weighted by Crippen LogP contribution is 2.32. The minimum Gasteiger partial charge on any atom is -0.457 e. The van der Waals surface area contributed by atoms with Crippen LogP contribution in [0.2, 0.25) is 0 Å². The normalized spacial score (nSPS) is 12.3. The van der Waals surface area contributed by atoms with E-state index >= 15 is 0 Å². The monoisotopic (exact) mass is 309 g/mol. The lowest BCUT2D eigenvalue weighted by molar-refractivity contribution is -0.137. The van der Waals surface area contributed by atoms with Crippen LogP contribution in [0, 0.1) is 0 Å². The SMILES string of the molecule is CC(Cc1ccc(Oc2cccc(C(F)(F)F)c2)cc1)=NO. The van der Waals surface area contributed by atoms with Crippen molar-refractivity contribution in [3.63, 3.8) is 0 Å². The van der Waals surface area contributed by atoms with Gasteiger partial charge in [-0.25, -0.2) is 0 Å². The third-order valence-corrected chi connectivity index (χ3v) is 2.95. The van der Waals surface area contributed by atoms with Crippen molar-refractivity contribution in [3.05, 3.63) is 59.7 Å². The summed E-state index contributed by atoms with van der Waals surface area (Å²) in [6.45, 7) is 1.69. The van der Waals surface area contributed by atoms with E-state index in [1.165, 1.54) is 12.1 Å². The Balaban J connectivity index is 2.11. The first kappa shape index (κ1) is 15.9. The second kappa shape index (κ2) is 6.51. The van der Waals surface area contributed by atoms with E-state index in [0.717, 1.165) is 17.7 Å². The van der Waals surface area contributed by atoms with Gasteiger partial charge in [0.2, 0.25) is 0 Å². The van der Waals surface area contributed by atoms with Gasteiger partial charge in [-0.3, -0.25) is 0 Å². The van der Waals surface area contributed by atoms with Crippen LogP contribution < -0.4 is 4.74 Å². The highest BCUT2D eigenvalue weighted by Gasteiger charge is 2.30. The summed E-state index contributed by atoms with van der Waals surface area (Å²) in [4.78, 5) is 0. The van der Waals surface area contributed by atoms with Gasteiger partial charge in [-0.15, -0.1) is 0 Å². The Morgan fingerprint density at radius 1 is 1.09 bits per heavy atom. The van der Waals surface area contributed by atoms with Crippen molar-refractivity contribution in [3.8, 4) is 11.5 Å². The summed E-state index contributed by atoms with van der Waals surface area (Å²) in [5, 5.41) is 11.7. The molecule has 0 bridgehead atoms. The van der Waals surface area contributed by atoms with Gasteiger partial charge in [0, 0.05) is 6.42 Å². The number of ether oxygens (including phenoxy) is 1. The maximum absolute atomic E-state index is 12.6. The van der Waals surface area contributed by atoms with Gasteiger partial charge in [0.15, 0.2) is 0 Å². The second-order valence-electron chi connectivity index (χ2n) is 4.78. The molecule has 0 heterocycles. The van der Waals surface area contributed by atoms with Gasteiger partial charge in [0.25, 0.3) is 0 Å². The molecule has 2 aromatic rings. The predicted molar refractivity (Wildman–Crippen MR) is 76.6 cm³/mol. The molecule has 0 atom stereocenters. The van der Waals surface area contributed by atoms with Crippen molar-refractivity contribution in [1.82, 2.24) is 0 Å². The van der Waals surface area contributed by atoms with E-state index in [1.807, 2.05) is 0 Å². The fraction of sp³-hybridized carbons (Fsp3) is 0.188. The van der Waals surface area contributed by atoms with Gasteiger partial charge >= 0.3 is 6.18 Å². The molecule has 0 saturated heterocycles. The first-order valence-electron chi connectivity index (χ1n) is 6.50. The molecule has 0 aliphatic carbocycles. The lowest BCUT2D eigenvalue weighted by atomic mass is 10.1. The zero-order valence-corrected chi connectivity index (χ0v) is 11.8. The van der Waals surface area contributed by atoms with Crippen LogP contribution in [0.25, 0.3) is 0 Å². The third kappa shape index (κ3) is 4.25. The minimum absolute atomic E-state index is 0.121. The molecule has 22 heavy (non-hydrogen) atoms. The van der Waals surface area contributed by atoms with E-state index in [9.17, 15) is 13.2 Å². The molecule has 0 aliphatic rings. The number of rotatable bonds is 4. The molecule has 1 N–H and O–H groups in total. The largest absolute Gasteiger partial charge is 0.457 e. The summed E-state index contributed by atoms with van der Waals surface area (Å²) in [6.07, 6.45) is -3.91. The van der Waals surface area contributed by atoms with Crippen LogP contribution in [0.5, 0.6) is 11.5 Å². The Hall–Kier alpha value is -2.50. The lowest BCUT2D eigenvalue weighted by Gasteiger charge is -2.10. The van der Waals surface area contributed by atoms with Gasteiger partial charge < -0.3 is 9.94 Å². The number of nitrogens with zero attached hydrogens (tertiary/aromatic N) is 1. The number of alkyl halides is 3. The predicted octanol–water partition coefficient (Wildman–Crippen LogP) is 4.89. The maximum atomic E-state index is 12.6. The topological polar surface area (TPSA) is 41.8 Å². The molecule has 0 unspecified atom stereocenters. The average Bonchev–Trinajstić information content (AvgIpc) is 2.48. The lowest BCUT2D eigenvalue weighted by Crippen LogP contribution is -2.04. The van der Waals surface area contributed by atoms with Crippen LogP contribution in [0.3, 0.4) is 0 Å². The summed E-state index contributed by atoms with van der Waals surface area (Å²) in [7, 11) is 0. The quantitative estimate of drug-likeness (QED) is 0.496. The molecule has 0 radical (unpaired) electrons. The van der Waals surface area contributed by atoms with Crippen molar-refractivity contribution in [1.29, 1.82) is 0 Å². The van der Waals surface area contributed by atoms with Gasteiger partial charge in [-0.05, 0) is 42.8 Å². The first-order valence-corrected chi connectivity index (χ1v) is 6.50. The van der Waals surface area contributed by atoms with Crippen molar-refractivity contribution in [2.45, 2.75) is 19.5 Å². The number of oxime groups is 1. The maximum Gasteiger partial charge on any atom is 0.416 e. The van der Waals surface area contributed by atoms with E-state index in [4.69, 9.17) is 9.94 Å². The Kier molecular flexibility index (Phi) is 4.70. The second-order valence-corrected chi connectivity index (χ2v) is 4.78. The third-order valence-electron chi connectivity index (χ3n) is 2.95. The molecule has 0 fully saturated rings. The molecule has 2 rings (SSSR count). The van der Waals surface area contributed by atoms with Crippen LogP contribution in [0.4, 0.5) is 13.2 Å². The molecular formula is C16H14F3NO2. The summed E-state index contributed by atoms with van der Waals surface area (Å²) in [5.41, 5.74) is 0.717. The minimum atomic E-state index is -4.40. The standard InChI is InChI=1S/C16H14F3NO2/c1-11(20-21)9-12-5-7-14(8-6-12)22-15-4-2-3-13(10-15)16(17,18)19/h2-8,10,21H,9H2,1H3. The summed E-state index contributed by atoms with van der Waals surface area (Å²) in [5.74, 6) is 0.553. The number of hydrogen-bond acceptors (Lipinski definition) is 3. The molecule has 3 nitrogen and oxygen atoms in total. The van der Waals surface area contributed by atoms with Crippen molar-refractivity contribution >= 4 is 5.71 Å². The fourth-order valence-corrected chi connectivity index (χ4v) is 1.88. The van der Waals surface area contributed by atoms with Crippen LogP contribution in [0.15, 0.2) is 53.7 Å². The van der Waals surface area contributed by atoms with E-state index in [0.29, 0.717) is 17.9 Å². The number of hydrogen-bond donors (Lipinski definition) is 1. The molecule has 0 spiro atoms. The van der Waals surface area contributed by atoms with Crippen LogP contribution in [-0.4, -0.2) is 10.9 Å².